The first-order valence-electron chi connectivity index (χ1n) is 6.12. The molecule has 19 heavy (non-hydrogen) atoms. The molecule has 4 heteroatoms. The van der Waals surface area contributed by atoms with Gasteiger partial charge in [-0.05, 0) is 30.8 Å². The van der Waals surface area contributed by atoms with Crippen molar-refractivity contribution in [3.05, 3.63) is 58.1 Å². The molecule has 0 saturated carbocycles. The summed E-state index contributed by atoms with van der Waals surface area (Å²) in [5.74, 6) is 1.41. The van der Waals surface area contributed by atoms with E-state index < -0.39 is 0 Å². The van der Waals surface area contributed by atoms with Crippen LogP contribution >= 0.6 is 23.2 Å². The van der Waals surface area contributed by atoms with Gasteiger partial charge < -0.3 is 10.1 Å². The summed E-state index contributed by atoms with van der Waals surface area (Å²) in [5.41, 5.74) is 1.09. The highest BCUT2D eigenvalue weighted by atomic mass is 35.5. The van der Waals surface area contributed by atoms with Gasteiger partial charge in [0.05, 0.1) is 5.02 Å². The van der Waals surface area contributed by atoms with Gasteiger partial charge in [0.2, 0.25) is 0 Å². The van der Waals surface area contributed by atoms with Crippen LogP contribution in [0.1, 0.15) is 12.5 Å². The summed E-state index contributed by atoms with van der Waals surface area (Å²) in [6, 6.07) is 13.1. The molecule has 0 aliphatic carbocycles. The molecular formula is C15H15Cl2NO. The third-order valence-electron chi connectivity index (χ3n) is 2.65. The van der Waals surface area contributed by atoms with Crippen molar-refractivity contribution in [1.29, 1.82) is 0 Å². The molecule has 0 bridgehead atoms. The number of hydrogen-bond donors (Lipinski definition) is 1. The van der Waals surface area contributed by atoms with Crippen LogP contribution in [0.4, 0.5) is 0 Å². The van der Waals surface area contributed by atoms with Gasteiger partial charge in [0.25, 0.3) is 0 Å². The molecular weight excluding hydrogens is 281 g/mol. The first-order chi connectivity index (χ1) is 9.20. The Morgan fingerprint density at radius 2 is 1.84 bits per heavy atom. The molecule has 0 radical (unpaired) electrons. The molecule has 100 valence electrons. The van der Waals surface area contributed by atoms with Gasteiger partial charge in [0, 0.05) is 17.1 Å². The second-order valence-electron chi connectivity index (χ2n) is 4.06. The van der Waals surface area contributed by atoms with E-state index in [1.54, 1.807) is 18.2 Å². The third kappa shape index (κ3) is 3.87. The zero-order valence-electron chi connectivity index (χ0n) is 10.6. The highest BCUT2D eigenvalue weighted by Gasteiger charge is 2.07. The van der Waals surface area contributed by atoms with Crippen LogP contribution in [-0.4, -0.2) is 6.54 Å². The molecule has 0 aromatic heterocycles. The summed E-state index contributed by atoms with van der Waals surface area (Å²) in [6.45, 7) is 3.74. The van der Waals surface area contributed by atoms with E-state index in [0.29, 0.717) is 15.8 Å². The molecule has 0 amide bonds. The lowest BCUT2D eigenvalue weighted by molar-refractivity contribution is 0.473. The Balaban J connectivity index is 2.22. The van der Waals surface area contributed by atoms with Crippen molar-refractivity contribution in [3.8, 4) is 11.5 Å². The summed E-state index contributed by atoms with van der Waals surface area (Å²) in [4.78, 5) is 0. The van der Waals surface area contributed by atoms with Crippen molar-refractivity contribution in [2.45, 2.75) is 13.5 Å². The summed E-state index contributed by atoms with van der Waals surface area (Å²) in [6.07, 6.45) is 0. The average Bonchev–Trinajstić information content (AvgIpc) is 2.41. The van der Waals surface area contributed by atoms with Crippen LogP contribution < -0.4 is 10.1 Å². The largest absolute Gasteiger partial charge is 0.455 e. The minimum atomic E-state index is 0.505. The number of halogens is 2. The van der Waals surface area contributed by atoms with Crippen LogP contribution in [0, 0.1) is 0 Å². The Hall–Kier alpha value is -1.22. The minimum Gasteiger partial charge on any atom is -0.455 e. The van der Waals surface area contributed by atoms with Crippen LogP contribution in [0.3, 0.4) is 0 Å². The molecule has 2 aromatic rings. The van der Waals surface area contributed by atoms with E-state index in [2.05, 4.69) is 12.2 Å². The molecule has 2 rings (SSSR count). The van der Waals surface area contributed by atoms with Gasteiger partial charge in [-0.3, -0.25) is 0 Å². The maximum absolute atomic E-state index is 6.11. The first-order valence-corrected chi connectivity index (χ1v) is 6.88. The van der Waals surface area contributed by atoms with Crippen molar-refractivity contribution in [2.24, 2.45) is 0 Å². The van der Waals surface area contributed by atoms with Gasteiger partial charge in [-0.25, -0.2) is 0 Å². The Bertz CT molecular complexity index is 558. The number of nitrogens with one attached hydrogen (secondary N) is 1. The number of benzene rings is 2. The van der Waals surface area contributed by atoms with Crippen molar-refractivity contribution >= 4 is 23.2 Å². The smallest absolute Gasteiger partial charge is 0.146 e. The lowest BCUT2D eigenvalue weighted by atomic mass is 10.2. The van der Waals surface area contributed by atoms with Crippen LogP contribution in [0.5, 0.6) is 11.5 Å². The molecule has 0 heterocycles. The number of rotatable bonds is 5. The fraction of sp³-hybridized carbons (Fsp3) is 0.200. The van der Waals surface area contributed by atoms with E-state index >= 15 is 0 Å². The number of para-hydroxylation sites is 1. The third-order valence-corrected chi connectivity index (χ3v) is 3.18. The topological polar surface area (TPSA) is 21.3 Å². The summed E-state index contributed by atoms with van der Waals surface area (Å²) >= 11 is 12.0. The molecule has 0 spiro atoms. The van der Waals surface area contributed by atoms with E-state index in [-0.39, 0.29) is 0 Å². The first kappa shape index (κ1) is 14.2. The Morgan fingerprint density at radius 3 is 2.58 bits per heavy atom. The Morgan fingerprint density at radius 1 is 1.05 bits per heavy atom. The lowest BCUT2D eigenvalue weighted by Gasteiger charge is -2.12. The maximum atomic E-state index is 6.11. The number of hydrogen-bond acceptors (Lipinski definition) is 2. The van der Waals surface area contributed by atoms with Gasteiger partial charge in [0.1, 0.15) is 11.5 Å². The van der Waals surface area contributed by atoms with E-state index in [4.69, 9.17) is 27.9 Å². The van der Waals surface area contributed by atoms with Crippen LogP contribution in [-0.2, 0) is 6.54 Å². The molecule has 0 unspecified atom stereocenters. The number of ether oxygens (including phenoxy) is 1. The predicted molar refractivity (Wildman–Crippen MR) is 80.4 cm³/mol. The van der Waals surface area contributed by atoms with Gasteiger partial charge in [0.15, 0.2) is 0 Å². The van der Waals surface area contributed by atoms with Crippen LogP contribution in [0.2, 0.25) is 10.0 Å². The van der Waals surface area contributed by atoms with E-state index in [0.717, 1.165) is 24.4 Å². The molecule has 1 N–H and O–H groups in total. The maximum Gasteiger partial charge on any atom is 0.146 e. The Kier molecular flexibility index (Phi) is 5.08. The zero-order chi connectivity index (χ0) is 13.7. The average molecular weight is 296 g/mol. The quantitative estimate of drug-likeness (QED) is 0.847. The molecule has 2 nitrogen and oxygen atoms in total. The summed E-state index contributed by atoms with van der Waals surface area (Å²) < 4.78 is 5.86. The molecule has 0 aliphatic rings. The van der Waals surface area contributed by atoms with Crippen molar-refractivity contribution in [1.82, 2.24) is 5.32 Å². The van der Waals surface area contributed by atoms with Crippen molar-refractivity contribution < 1.29 is 4.74 Å². The fourth-order valence-corrected chi connectivity index (χ4v) is 2.13. The SMILES string of the molecule is CCNCc1ccccc1Oc1ccc(Cl)cc1Cl. The second-order valence-corrected chi connectivity index (χ2v) is 4.91. The molecule has 0 atom stereocenters. The highest BCUT2D eigenvalue weighted by molar-refractivity contribution is 6.35. The van der Waals surface area contributed by atoms with Crippen molar-refractivity contribution in [2.75, 3.05) is 6.54 Å². The normalized spacial score (nSPS) is 10.5. The van der Waals surface area contributed by atoms with E-state index in [1.807, 2.05) is 24.3 Å². The Labute approximate surface area is 123 Å². The standard InChI is InChI=1S/C15H15Cl2NO/c1-2-18-10-11-5-3-4-6-14(11)19-15-8-7-12(16)9-13(15)17/h3-9,18H,2,10H2,1H3. The monoisotopic (exact) mass is 295 g/mol. The highest BCUT2D eigenvalue weighted by Crippen LogP contribution is 2.32. The van der Waals surface area contributed by atoms with E-state index in [9.17, 15) is 0 Å². The van der Waals surface area contributed by atoms with Gasteiger partial charge in [-0.2, -0.15) is 0 Å². The van der Waals surface area contributed by atoms with Crippen molar-refractivity contribution in [3.63, 3.8) is 0 Å². The van der Waals surface area contributed by atoms with E-state index in [1.165, 1.54) is 0 Å². The minimum absolute atomic E-state index is 0.505. The van der Waals surface area contributed by atoms with Gasteiger partial charge in [-0.1, -0.05) is 48.3 Å². The predicted octanol–water partition coefficient (Wildman–Crippen LogP) is 4.90. The fourth-order valence-electron chi connectivity index (χ4n) is 1.69. The van der Waals surface area contributed by atoms with Gasteiger partial charge >= 0.3 is 0 Å². The van der Waals surface area contributed by atoms with Crippen LogP contribution in [0.25, 0.3) is 0 Å². The summed E-state index contributed by atoms with van der Waals surface area (Å²) in [7, 11) is 0. The molecule has 0 aliphatic heterocycles. The van der Waals surface area contributed by atoms with Gasteiger partial charge in [-0.15, -0.1) is 0 Å². The van der Waals surface area contributed by atoms with Crippen LogP contribution in [0.15, 0.2) is 42.5 Å². The second kappa shape index (κ2) is 6.80. The zero-order valence-corrected chi connectivity index (χ0v) is 12.1. The molecule has 2 aromatic carbocycles. The molecule has 0 fully saturated rings. The lowest BCUT2D eigenvalue weighted by Crippen LogP contribution is -2.12. The molecule has 0 saturated heterocycles. The summed E-state index contributed by atoms with van der Waals surface area (Å²) in [5, 5.41) is 4.38.